The van der Waals surface area contributed by atoms with Crippen molar-refractivity contribution in [3.05, 3.63) is 22.8 Å². The Labute approximate surface area is 141 Å². The van der Waals surface area contributed by atoms with Crippen molar-refractivity contribution < 1.29 is 9.90 Å². The normalized spacial score (nSPS) is 46.8. The van der Waals surface area contributed by atoms with E-state index < -0.39 is 5.60 Å². The third-order valence-electron chi connectivity index (χ3n) is 7.59. The van der Waals surface area contributed by atoms with Crippen molar-refractivity contribution in [3.63, 3.8) is 0 Å². The summed E-state index contributed by atoms with van der Waals surface area (Å²) in [6, 6.07) is 0. The molecule has 3 aliphatic rings. The first-order valence-corrected chi connectivity index (χ1v) is 9.11. The summed E-state index contributed by atoms with van der Waals surface area (Å²) in [5.74, 6) is 1.11. The molecule has 3 aliphatic carbocycles. The lowest BCUT2D eigenvalue weighted by Crippen LogP contribution is -2.51. The molecule has 0 aromatic carbocycles. The summed E-state index contributed by atoms with van der Waals surface area (Å²) in [5, 5.41) is 11.1. The minimum Gasteiger partial charge on any atom is -0.389 e. The molecule has 0 aliphatic heterocycles. The first kappa shape index (κ1) is 17.0. The van der Waals surface area contributed by atoms with Gasteiger partial charge in [-0.2, -0.15) is 0 Å². The van der Waals surface area contributed by atoms with Gasteiger partial charge in [-0.1, -0.05) is 31.1 Å². The zero-order chi connectivity index (χ0) is 17.2. The second-order valence-corrected chi connectivity index (χ2v) is 9.36. The predicted octanol–water partition coefficient (Wildman–Crippen LogP) is 4.83. The number of carbonyl (C=O) groups excluding carboxylic acids is 1. The van der Waals surface area contributed by atoms with E-state index in [1.54, 1.807) is 0 Å². The Kier molecular flexibility index (Phi) is 3.72. The quantitative estimate of drug-likeness (QED) is 0.513. The maximum atomic E-state index is 12.6. The van der Waals surface area contributed by atoms with Crippen LogP contribution >= 0.6 is 0 Å². The highest BCUT2D eigenvalue weighted by atomic mass is 16.3. The van der Waals surface area contributed by atoms with Crippen LogP contribution in [-0.2, 0) is 4.79 Å². The third-order valence-corrected chi connectivity index (χ3v) is 7.59. The highest BCUT2D eigenvalue weighted by Gasteiger charge is 2.58. The van der Waals surface area contributed by atoms with E-state index in [1.807, 2.05) is 6.92 Å². The lowest BCUT2D eigenvalue weighted by molar-refractivity contribution is -0.116. The van der Waals surface area contributed by atoms with E-state index in [0.717, 1.165) is 31.3 Å². The van der Waals surface area contributed by atoms with Gasteiger partial charge < -0.3 is 5.11 Å². The third kappa shape index (κ3) is 2.28. The highest BCUT2D eigenvalue weighted by molar-refractivity contribution is 5.99. The van der Waals surface area contributed by atoms with Crippen molar-refractivity contribution >= 4 is 5.78 Å². The van der Waals surface area contributed by atoms with Crippen LogP contribution in [0.15, 0.2) is 22.8 Å². The molecule has 0 amide bonds. The second-order valence-electron chi connectivity index (χ2n) is 9.36. The van der Waals surface area contributed by atoms with Gasteiger partial charge in [0.15, 0.2) is 5.78 Å². The molecule has 5 atom stereocenters. The van der Waals surface area contributed by atoms with Crippen LogP contribution in [0, 0.1) is 22.7 Å². The van der Waals surface area contributed by atoms with Gasteiger partial charge in [-0.25, -0.2) is 0 Å². The molecule has 0 saturated heterocycles. The fourth-order valence-corrected chi connectivity index (χ4v) is 5.82. The first-order chi connectivity index (χ1) is 10.5. The van der Waals surface area contributed by atoms with Gasteiger partial charge in [0.2, 0.25) is 0 Å². The topological polar surface area (TPSA) is 37.3 Å². The molecule has 128 valence electrons. The van der Waals surface area contributed by atoms with Crippen LogP contribution in [0.3, 0.4) is 0 Å². The molecule has 3 rings (SSSR count). The van der Waals surface area contributed by atoms with Gasteiger partial charge in [0.1, 0.15) is 0 Å². The number of ketones is 1. The summed E-state index contributed by atoms with van der Waals surface area (Å²) in [7, 11) is 0. The summed E-state index contributed by atoms with van der Waals surface area (Å²) in [4.78, 5) is 12.6. The summed E-state index contributed by atoms with van der Waals surface area (Å²) < 4.78 is 0. The summed E-state index contributed by atoms with van der Waals surface area (Å²) >= 11 is 0. The average Bonchev–Trinajstić information content (AvgIpc) is 2.61. The van der Waals surface area contributed by atoms with Crippen LogP contribution in [0.2, 0.25) is 0 Å². The number of allylic oxidation sites excluding steroid dienone is 3. The minimum atomic E-state index is -0.651. The Morgan fingerprint density at radius 3 is 2.48 bits per heavy atom. The summed E-state index contributed by atoms with van der Waals surface area (Å²) in [6.07, 6.45) is 6.71. The van der Waals surface area contributed by atoms with Crippen LogP contribution in [0.1, 0.15) is 73.6 Å². The van der Waals surface area contributed by atoms with E-state index in [-0.39, 0.29) is 10.8 Å². The molecule has 0 heterocycles. The van der Waals surface area contributed by atoms with Gasteiger partial charge in [-0.15, -0.1) is 0 Å². The molecule has 0 spiro atoms. The highest BCUT2D eigenvalue weighted by Crippen LogP contribution is 2.62. The van der Waals surface area contributed by atoms with Gasteiger partial charge in [-0.3, -0.25) is 4.79 Å². The summed E-state index contributed by atoms with van der Waals surface area (Å²) in [6.45, 7) is 13.0. The van der Waals surface area contributed by atoms with E-state index in [0.29, 0.717) is 24.0 Å². The molecule has 2 fully saturated rings. The SMILES string of the molecule is CC1=CC[C@](C)(O)[C@@]2(C)CC[C@H]3C(=C(C)C)C(=O)C[C@]3(C)C[C@H]12. The smallest absolute Gasteiger partial charge is 0.159 e. The van der Waals surface area contributed by atoms with Crippen LogP contribution in [0.5, 0.6) is 0 Å². The Morgan fingerprint density at radius 2 is 1.87 bits per heavy atom. The average molecular weight is 316 g/mol. The van der Waals surface area contributed by atoms with Crippen molar-refractivity contribution in [2.24, 2.45) is 22.7 Å². The zero-order valence-electron chi connectivity index (χ0n) is 15.6. The largest absolute Gasteiger partial charge is 0.389 e. The monoisotopic (exact) mass is 316 g/mol. The van der Waals surface area contributed by atoms with Gasteiger partial charge >= 0.3 is 0 Å². The molecule has 1 N–H and O–H groups in total. The van der Waals surface area contributed by atoms with E-state index in [9.17, 15) is 9.90 Å². The summed E-state index contributed by atoms with van der Waals surface area (Å²) in [5.41, 5.74) is 3.01. The lowest BCUT2D eigenvalue weighted by atomic mass is 9.56. The number of Topliss-reactive ketones (excluding diaryl/α,β-unsaturated/α-hetero) is 1. The molecule has 0 aromatic heterocycles. The van der Waals surface area contributed by atoms with Crippen LogP contribution in [0.4, 0.5) is 0 Å². The molecule has 23 heavy (non-hydrogen) atoms. The number of fused-ring (bicyclic) bond motifs is 2. The van der Waals surface area contributed by atoms with Gasteiger partial charge in [-0.05, 0) is 76.2 Å². The van der Waals surface area contributed by atoms with E-state index in [2.05, 4.69) is 40.7 Å². The van der Waals surface area contributed by atoms with E-state index >= 15 is 0 Å². The van der Waals surface area contributed by atoms with Gasteiger partial charge in [0, 0.05) is 11.8 Å². The first-order valence-electron chi connectivity index (χ1n) is 9.11. The molecule has 0 bridgehead atoms. The fraction of sp³-hybridized carbons (Fsp3) is 0.762. The number of hydrogen-bond acceptors (Lipinski definition) is 2. The molecule has 2 nitrogen and oxygen atoms in total. The predicted molar refractivity (Wildman–Crippen MR) is 94.0 cm³/mol. The van der Waals surface area contributed by atoms with Crippen LogP contribution in [0.25, 0.3) is 0 Å². The minimum absolute atomic E-state index is 0.0502. The number of rotatable bonds is 0. The fourth-order valence-electron chi connectivity index (χ4n) is 5.82. The molecule has 0 radical (unpaired) electrons. The van der Waals surface area contributed by atoms with E-state index in [4.69, 9.17) is 0 Å². The van der Waals surface area contributed by atoms with Crippen LogP contribution < -0.4 is 0 Å². The van der Waals surface area contributed by atoms with Gasteiger partial charge in [0.05, 0.1) is 5.60 Å². The van der Waals surface area contributed by atoms with Crippen molar-refractivity contribution in [1.82, 2.24) is 0 Å². The van der Waals surface area contributed by atoms with E-state index in [1.165, 1.54) is 11.1 Å². The standard InChI is InChI=1S/C21H32O2/c1-13(2)18-15-8-9-20(5)16(11-19(15,4)12-17(18)22)14(3)7-10-21(20,6)23/h7,15-16,23H,8-12H2,1-6H3/t15-,16+,19-,20-,21-/m0/s1. The van der Waals surface area contributed by atoms with Crippen molar-refractivity contribution in [1.29, 1.82) is 0 Å². The van der Waals surface area contributed by atoms with Crippen molar-refractivity contribution in [2.45, 2.75) is 79.2 Å². The zero-order valence-corrected chi connectivity index (χ0v) is 15.6. The number of hydrogen-bond donors (Lipinski definition) is 1. The molecular formula is C21H32O2. The Morgan fingerprint density at radius 1 is 1.22 bits per heavy atom. The molecular weight excluding hydrogens is 284 g/mol. The Balaban J connectivity index is 2.08. The van der Waals surface area contributed by atoms with Crippen molar-refractivity contribution in [2.75, 3.05) is 0 Å². The second kappa shape index (κ2) is 5.05. The Hall–Kier alpha value is -0.890. The number of carbonyl (C=O) groups is 1. The van der Waals surface area contributed by atoms with Crippen LogP contribution in [-0.4, -0.2) is 16.5 Å². The Bertz CT molecular complexity index is 605. The maximum Gasteiger partial charge on any atom is 0.159 e. The number of aliphatic hydroxyl groups is 1. The molecule has 2 heteroatoms. The molecule has 0 unspecified atom stereocenters. The molecule has 0 aromatic rings. The lowest BCUT2D eigenvalue weighted by Gasteiger charge is -2.51. The maximum absolute atomic E-state index is 12.6. The molecule has 2 saturated carbocycles. The van der Waals surface area contributed by atoms with Crippen molar-refractivity contribution in [3.8, 4) is 0 Å². The van der Waals surface area contributed by atoms with Gasteiger partial charge in [0.25, 0.3) is 0 Å².